The summed E-state index contributed by atoms with van der Waals surface area (Å²) < 4.78 is 5.53. The van der Waals surface area contributed by atoms with Crippen molar-refractivity contribution in [1.82, 2.24) is 4.90 Å². The lowest BCUT2D eigenvalue weighted by Crippen LogP contribution is -2.35. The summed E-state index contributed by atoms with van der Waals surface area (Å²) >= 11 is 0. The summed E-state index contributed by atoms with van der Waals surface area (Å²) in [6, 6.07) is 9.69. The number of nitrogens with two attached hydrogens (primary N) is 1. The summed E-state index contributed by atoms with van der Waals surface area (Å²) in [4.78, 5) is 29.0. The number of hydrogen-bond acceptors (Lipinski definition) is 4. The van der Waals surface area contributed by atoms with E-state index >= 15 is 0 Å². The average Bonchev–Trinajstić information content (AvgIpc) is 3.33. The van der Waals surface area contributed by atoms with Gasteiger partial charge in [-0.2, -0.15) is 0 Å². The highest BCUT2D eigenvalue weighted by Crippen LogP contribution is 2.31. The number of hydrogen-bond donors (Lipinski definition) is 1. The Morgan fingerprint density at radius 3 is 2.88 bits per heavy atom. The third kappa shape index (κ3) is 2.80. The molecular weight excluding hydrogens is 330 g/mol. The Kier molecular flexibility index (Phi) is 4.28. The number of para-hydroxylation sites is 1. The average molecular weight is 353 g/mol. The first-order valence-corrected chi connectivity index (χ1v) is 9.04. The SMILES string of the molecule is CC1CC(CN)CN1C(=O)c1occc1CN1C(=O)Cc2ccccc21. The minimum Gasteiger partial charge on any atom is -0.459 e. The Hall–Kier alpha value is -2.60. The maximum Gasteiger partial charge on any atom is 0.290 e. The van der Waals surface area contributed by atoms with Crippen LogP contribution in [-0.4, -0.2) is 35.8 Å². The zero-order valence-corrected chi connectivity index (χ0v) is 14.9. The molecule has 0 saturated carbocycles. The molecular formula is C20H23N3O3. The molecule has 1 fully saturated rings. The van der Waals surface area contributed by atoms with Gasteiger partial charge in [-0.25, -0.2) is 0 Å². The normalized spacial score (nSPS) is 22.2. The van der Waals surface area contributed by atoms with E-state index in [9.17, 15) is 9.59 Å². The van der Waals surface area contributed by atoms with Crippen LogP contribution in [0.25, 0.3) is 0 Å². The predicted molar refractivity (Wildman–Crippen MR) is 97.7 cm³/mol. The van der Waals surface area contributed by atoms with Crippen LogP contribution in [-0.2, 0) is 17.8 Å². The van der Waals surface area contributed by atoms with E-state index in [-0.39, 0.29) is 17.9 Å². The number of benzene rings is 1. The van der Waals surface area contributed by atoms with Crippen molar-refractivity contribution in [3.63, 3.8) is 0 Å². The molecule has 0 aliphatic carbocycles. The van der Waals surface area contributed by atoms with Crippen molar-refractivity contribution < 1.29 is 14.0 Å². The molecule has 0 spiro atoms. The lowest BCUT2D eigenvalue weighted by molar-refractivity contribution is -0.117. The van der Waals surface area contributed by atoms with Crippen molar-refractivity contribution in [1.29, 1.82) is 0 Å². The number of rotatable bonds is 4. The minimum absolute atomic E-state index is 0.0449. The first kappa shape index (κ1) is 16.8. The summed E-state index contributed by atoms with van der Waals surface area (Å²) in [7, 11) is 0. The quantitative estimate of drug-likeness (QED) is 0.914. The molecule has 2 aliphatic heterocycles. The van der Waals surface area contributed by atoms with Gasteiger partial charge < -0.3 is 20.0 Å². The second kappa shape index (κ2) is 6.61. The zero-order valence-electron chi connectivity index (χ0n) is 14.9. The number of fused-ring (bicyclic) bond motifs is 1. The summed E-state index contributed by atoms with van der Waals surface area (Å²) in [6.45, 7) is 3.62. The Labute approximate surface area is 152 Å². The van der Waals surface area contributed by atoms with E-state index in [0.717, 1.165) is 23.2 Å². The highest BCUT2D eigenvalue weighted by Gasteiger charge is 2.35. The molecule has 2 unspecified atom stereocenters. The molecule has 3 heterocycles. The van der Waals surface area contributed by atoms with Crippen LogP contribution in [0, 0.1) is 5.92 Å². The van der Waals surface area contributed by atoms with Gasteiger partial charge in [0.15, 0.2) is 5.76 Å². The van der Waals surface area contributed by atoms with Crippen molar-refractivity contribution >= 4 is 17.5 Å². The second-order valence-corrected chi connectivity index (χ2v) is 7.20. The van der Waals surface area contributed by atoms with Gasteiger partial charge in [0.05, 0.1) is 19.2 Å². The van der Waals surface area contributed by atoms with Gasteiger partial charge >= 0.3 is 0 Å². The standard InChI is InChI=1S/C20H23N3O3/c1-13-8-14(10-21)11-22(13)20(25)19-16(6-7-26-19)12-23-17-5-3-2-4-15(17)9-18(23)24/h2-7,13-14H,8-12,21H2,1H3. The third-order valence-electron chi connectivity index (χ3n) is 5.45. The van der Waals surface area contributed by atoms with Crippen LogP contribution in [0.5, 0.6) is 0 Å². The smallest absolute Gasteiger partial charge is 0.290 e. The topological polar surface area (TPSA) is 79.8 Å². The van der Waals surface area contributed by atoms with Gasteiger partial charge in [-0.1, -0.05) is 18.2 Å². The minimum atomic E-state index is -0.117. The molecule has 2 amide bonds. The highest BCUT2D eigenvalue weighted by molar-refractivity contribution is 6.01. The Bertz CT molecular complexity index is 844. The Balaban J connectivity index is 1.56. The predicted octanol–water partition coefficient (Wildman–Crippen LogP) is 2.18. The molecule has 136 valence electrons. The summed E-state index contributed by atoms with van der Waals surface area (Å²) in [5.41, 5.74) is 8.44. The van der Waals surface area contributed by atoms with E-state index in [4.69, 9.17) is 10.2 Å². The van der Waals surface area contributed by atoms with Gasteiger partial charge in [0, 0.05) is 23.8 Å². The van der Waals surface area contributed by atoms with E-state index in [0.29, 0.717) is 37.7 Å². The van der Waals surface area contributed by atoms with Crippen molar-refractivity contribution in [3.8, 4) is 0 Å². The van der Waals surface area contributed by atoms with Crippen molar-refractivity contribution in [2.75, 3.05) is 18.0 Å². The van der Waals surface area contributed by atoms with E-state index in [2.05, 4.69) is 0 Å². The first-order chi connectivity index (χ1) is 12.6. The lowest BCUT2D eigenvalue weighted by Gasteiger charge is -2.22. The number of likely N-dealkylation sites (tertiary alicyclic amines) is 1. The monoisotopic (exact) mass is 353 g/mol. The zero-order chi connectivity index (χ0) is 18.3. The molecule has 4 rings (SSSR count). The van der Waals surface area contributed by atoms with E-state index in [1.807, 2.05) is 36.1 Å². The Morgan fingerprint density at radius 1 is 1.31 bits per heavy atom. The van der Waals surface area contributed by atoms with Crippen molar-refractivity contribution in [3.05, 3.63) is 53.5 Å². The van der Waals surface area contributed by atoms with Gasteiger partial charge in [0.2, 0.25) is 5.91 Å². The maximum atomic E-state index is 13.0. The summed E-state index contributed by atoms with van der Waals surface area (Å²) in [5.74, 6) is 0.586. The number of furan rings is 1. The fourth-order valence-electron chi connectivity index (χ4n) is 4.03. The molecule has 1 aromatic carbocycles. The number of carbonyl (C=O) groups is 2. The fourth-order valence-corrected chi connectivity index (χ4v) is 4.03. The molecule has 1 aromatic heterocycles. The van der Waals surface area contributed by atoms with E-state index < -0.39 is 0 Å². The summed E-state index contributed by atoms with van der Waals surface area (Å²) in [5, 5.41) is 0. The summed E-state index contributed by atoms with van der Waals surface area (Å²) in [6.07, 6.45) is 2.84. The fraction of sp³-hybridized carbons (Fsp3) is 0.400. The van der Waals surface area contributed by atoms with Crippen LogP contribution < -0.4 is 10.6 Å². The van der Waals surface area contributed by atoms with E-state index in [1.54, 1.807) is 11.0 Å². The maximum absolute atomic E-state index is 13.0. The molecule has 0 bridgehead atoms. The van der Waals surface area contributed by atoms with Crippen LogP contribution in [0.4, 0.5) is 5.69 Å². The van der Waals surface area contributed by atoms with Gasteiger partial charge in [-0.3, -0.25) is 9.59 Å². The van der Waals surface area contributed by atoms with Gasteiger partial charge in [-0.15, -0.1) is 0 Å². The third-order valence-corrected chi connectivity index (χ3v) is 5.45. The highest BCUT2D eigenvalue weighted by atomic mass is 16.3. The number of amides is 2. The first-order valence-electron chi connectivity index (χ1n) is 9.04. The molecule has 2 atom stereocenters. The number of nitrogens with zero attached hydrogens (tertiary/aromatic N) is 2. The van der Waals surface area contributed by atoms with Gasteiger partial charge in [0.1, 0.15) is 0 Å². The molecule has 2 N–H and O–H groups in total. The second-order valence-electron chi connectivity index (χ2n) is 7.20. The Morgan fingerprint density at radius 2 is 2.12 bits per heavy atom. The molecule has 26 heavy (non-hydrogen) atoms. The number of anilines is 1. The molecule has 6 heteroatoms. The molecule has 0 radical (unpaired) electrons. The van der Waals surface area contributed by atoms with Gasteiger partial charge in [0.25, 0.3) is 5.91 Å². The van der Waals surface area contributed by atoms with Crippen LogP contribution in [0.1, 0.15) is 35.0 Å². The van der Waals surface area contributed by atoms with Crippen LogP contribution in [0.15, 0.2) is 41.0 Å². The van der Waals surface area contributed by atoms with E-state index in [1.165, 1.54) is 6.26 Å². The van der Waals surface area contributed by atoms with Crippen LogP contribution in [0.3, 0.4) is 0 Å². The molecule has 2 aliphatic rings. The molecule has 1 saturated heterocycles. The van der Waals surface area contributed by atoms with Gasteiger partial charge in [-0.05, 0) is 43.5 Å². The van der Waals surface area contributed by atoms with Crippen molar-refractivity contribution in [2.24, 2.45) is 11.7 Å². The lowest BCUT2D eigenvalue weighted by atomic mass is 10.1. The van der Waals surface area contributed by atoms with Crippen LogP contribution >= 0.6 is 0 Å². The largest absolute Gasteiger partial charge is 0.459 e. The number of carbonyl (C=O) groups excluding carboxylic acids is 2. The van der Waals surface area contributed by atoms with Crippen LogP contribution in [0.2, 0.25) is 0 Å². The van der Waals surface area contributed by atoms with Crippen molar-refractivity contribution in [2.45, 2.75) is 32.4 Å². The molecule has 6 nitrogen and oxygen atoms in total. The molecule has 2 aromatic rings.